The molecule has 1 amide bonds. The van der Waals surface area contributed by atoms with E-state index in [1.807, 2.05) is 19.1 Å². The van der Waals surface area contributed by atoms with Crippen LogP contribution >= 0.6 is 0 Å². The Bertz CT molecular complexity index is 1060. The van der Waals surface area contributed by atoms with Crippen molar-refractivity contribution in [3.63, 3.8) is 0 Å². The molecule has 1 saturated heterocycles. The molecule has 184 valence electrons. The number of aromatic nitrogens is 2. The van der Waals surface area contributed by atoms with Gasteiger partial charge in [0.25, 0.3) is 5.91 Å². The summed E-state index contributed by atoms with van der Waals surface area (Å²) < 4.78 is 0. The highest BCUT2D eigenvalue weighted by atomic mass is 16.7. The lowest BCUT2D eigenvalue weighted by atomic mass is 9.90. The molecule has 0 spiro atoms. The number of carbonyl (C=O) groups is 1. The first-order valence-corrected chi connectivity index (χ1v) is 12.3. The van der Waals surface area contributed by atoms with E-state index in [0.717, 1.165) is 55.1 Å². The minimum absolute atomic E-state index is 0.00550. The molecule has 1 aromatic heterocycles. The van der Waals surface area contributed by atoms with Crippen molar-refractivity contribution < 1.29 is 9.63 Å². The van der Waals surface area contributed by atoms with Gasteiger partial charge in [0.05, 0.1) is 30.8 Å². The van der Waals surface area contributed by atoms with E-state index in [0.29, 0.717) is 24.9 Å². The quantitative estimate of drug-likeness (QED) is 0.456. The second kappa shape index (κ2) is 10.1. The van der Waals surface area contributed by atoms with Crippen LogP contribution in [-0.4, -0.2) is 58.7 Å². The van der Waals surface area contributed by atoms with Crippen LogP contribution < -0.4 is 16.4 Å². The molecule has 1 saturated carbocycles. The summed E-state index contributed by atoms with van der Waals surface area (Å²) in [6.07, 6.45) is 5.04. The normalized spacial score (nSPS) is 21.6. The van der Waals surface area contributed by atoms with Gasteiger partial charge in [-0.25, -0.2) is 20.0 Å². The lowest BCUT2D eigenvalue weighted by molar-refractivity contribution is -0.0456. The predicted molar refractivity (Wildman–Crippen MR) is 135 cm³/mol. The fourth-order valence-electron chi connectivity index (χ4n) is 4.35. The SMILES string of the molecule is Cc1ccc2nc(C(=O)NCC(C)(C)C)nc(N[C@H]3CCCC[C@H]3N=C(N)N3CCCO3)c2c1. The zero-order chi connectivity index (χ0) is 24.3. The molecule has 0 unspecified atom stereocenters. The van der Waals surface area contributed by atoms with Crippen LogP contribution in [0.25, 0.3) is 10.9 Å². The van der Waals surface area contributed by atoms with Gasteiger partial charge in [-0.05, 0) is 43.7 Å². The standard InChI is InChI=1S/C25H37N7O2/c1-16-10-11-18-17(14-16)21(31-22(28-18)23(33)27-15-25(2,3)4)29-19-8-5-6-9-20(19)30-24(26)32-12-7-13-34-32/h10-11,14,19-20H,5-9,12-13,15H2,1-4H3,(H2,26,30)(H,27,33)(H,28,29,31)/t19-,20+/m0/s1. The van der Waals surface area contributed by atoms with Gasteiger partial charge in [0, 0.05) is 11.9 Å². The first kappa shape index (κ1) is 24.2. The molecular formula is C25H37N7O2. The Hall–Kier alpha value is -2.94. The molecule has 0 bridgehead atoms. The molecule has 9 nitrogen and oxygen atoms in total. The minimum atomic E-state index is -0.269. The molecule has 2 fully saturated rings. The zero-order valence-electron chi connectivity index (χ0n) is 20.7. The van der Waals surface area contributed by atoms with Gasteiger partial charge in [-0.2, -0.15) is 0 Å². The van der Waals surface area contributed by atoms with Gasteiger partial charge in [0.2, 0.25) is 11.8 Å². The Morgan fingerprint density at radius 1 is 1.24 bits per heavy atom. The summed E-state index contributed by atoms with van der Waals surface area (Å²) in [5.74, 6) is 0.998. The number of aryl methyl sites for hydroxylation is 1. The number of rotatable bonds is 5. The number of anilines is 1. The maximum Gasteiger partial charge on any atom is 0.289 e. The van der Waals surface area contributed by atoms with Crippen molar-refractivity contribution in [1.29, 1.82) is 0 Å². The Labute approximate surface area is 201 Å². The molecule has 2 heterocycles. The highest BCUT2D eigenvalue weighted by molar-refractivity contribution is 5.96. The summed E-state index contributed by atoms with van der Waals surface area (Å²) >= 11 is 0. The highest BCUT2D eigenvalue weighted by Crippen LogP contribution is 2.28. The predicted octanol–water partition coefficient (Wildman–Crippen LogP) is 3.39. The number of nitrogens with zero attached hydrogens (tertiary/aromatic N) is 4. The number of hydrogen-bond acceptors (Lipinski definition) is 6. The highest BCUT2D eigenvalue weighted by Gasteiger charge is 2.28. The molecular weight excluding hydrogens is 430 g/mol. The summed E-state index contributed by atoms with van der Waals surface area (Å²) in [5.41, 5.74) is 8.07. The first-order chi connectivity index (χ1) is 16.2. The molecule has 4 N–H and O–H groups in total. The number of hydroxylamine groups is 2. The number of benzene rings is 1. The van der Waals surface area contributed by atoms with Crippen molar-refractivity contribution in [3.8, 4) is 0 Å². The number of carbonyl (C=O) groups excluding carboxylic acids is 1. The molecule has 1 aromatic carbocycles. The van der Waals surface area contributed by atoms with Crippen LogP contribution in [0.4, 0.5) is 5.82 Å². The van der Waals surface area contributed by atoms with E-state index in [9.17, 15) is 4.79 Å². The Balaban J connectivity index is 1.62. The fraction of sp³-hybridized carbons (Fsp3) is 0.600. The minimum Gasteiger partial charge on any atom is -0.368 e. The molecule has 34 heavy (non-hydrogen) atoms. The van der Waals surface area contributed by atoms with Crippen LogP contribution in [0.1, 0.15) is 69.1 Å². The topological polar surface area (TPSA) is 118 Å². The van der Waals surface area contributed by atoms with Crippen molar-refractivity contribution in [1.82, 2.24) is 20.3 Å². The molecule has 1 aliphatic heterocycles. The molecule has 0 radical (unpaired) electrons. The summed E-state index contributed by atoms with van der Waals surface area (Å²) in [5, 5.41) is 9.16. The lowest BCUT2D eigenvalue weighted by Crippen LogP contribution is -2.41. The summed E-state index contributed by atoms with van der Waals surface area (Å²) in [4.78, 5) is 32.5. The average Bonchev–Trinajstić information content (AvgIpc) is 3.33. The second-order valence-corrected chi connectivity index (χ2v) is 10.5. The number of aliphatic imine (C=N–C) groups is 1. The van der Waals surface area contributed by atoms with Crippen LogP contribution in [0.5, 0.6) is 0 Å². The van der Waals surface area contributed by atoms with E-state index in [1.54, 1.807) is 5.06 Å². The monoisotopic (exact) mass is 467 g/mol. The van der Waals surface area contributed by atoms with E-state index >= 15 is 0 Å². The van der Waals surface area contributed by atoms with Crippen LogP contribution in [-0.2, 0) is 4.84 Å². The van der Waals surface area contributed by atoms with E-state index in [-0.39, 0.29) is 29.2 Å². The smallest absolute Gasteiger partial charge is 0.289 e. The summed E-state index contributed by atoms with van der Waals surface area (Å²) in [7, 11) is 0. The summed E-state index contributed by atoms with van der Waals surface area (Å²) in [6, 6.07) is 6.06. The van der Waals surface area contributed by atoms with Crippen molar-refractivity contribution in [2.75, 3.05) is 25.0 Å². The Morgan fingerprint density at radius 3 is 2.76 bits per heavy atom. The van der Waals surface area contributed by atoms with Crippen molar-refractivity contribution >= 4 is 28.6 Å². The van der Waals surface area contributed by atoms with Gasteiger partial charge in [-0.1, -0.05) is 45.2 Å². The Kier molecular flexibility index (Phi) is 7.21. The number of fused-ring (bicyclic) bond motifs is 1. The van der Waals surface area contributed by atoms with Crippen molar-refractivity contribution in [2.45, 2.75) is 71.9 Å². The largest absolute Gasteiger partial charge is 0.368 e. The van der Waals surface area contributed by atoms with Crippen molar-refractivity contribution in [2.24, 2.45) is 16.1 Å². The summed E-state index contributed by atoms with van der Waals surface area (Å²) in [6.45, 7) is 10.3. The fourth-order valence-corrected chi connectivity index (χ4v) is 4.35. The number of nitrogens with two attached hydrogens (primary N) is 1. The molecule has 2 atom stereocenters. The number of amides is 1. The molecule has 4 rings (SSSR count). The number of hydrogen-bond donors (Lipinski definition) is 3. The molecule has 2 aliphatic rings. The van der Waals surface area contributed by atoms with Crippen LogP contribution in [0.3, 0.4) is 0 Å². The van der Waals surface area contributed by atoms with Gasteiger partial charge in [-0.15, -0.1) is 0 Å². The van der Waals surface area contributed by atoms with Gasteiger partial charge in [0.1, 0.15) is 5.82 Å². The first-order valence-electron chi connectivity index (χ1n) is 12.3. The van der Waals surface area contributed by atoms with Crippen LogP contribution in [0.15, 0.2) is 23.2 Å². The third-order valence-electron chi connectivity index (χ3n) is 6.19. The van der Waals surface area contributed by atoms with Crippen LogP contribution in [0.2, 0.25) is 0 Å². The van der Waals surface area contributed by atoms with E-state index < -0.39 is 0 Å². The number of nitrogens with one attached hydrogen (secondary N) is 2. The van der Waals surface area contributed by atoms with E-state index in [1.165, 1.54) is 0 Å². The van der Waals surface area contributed by atoms with Crippen molar-refractivity contribution in [3.05, 3.63) is 29.6 Å². The van der Waals surface area contributed by atoms with Crippen LogP contribution in [0, 0.1) is 12.3 Å². The average molecular weight is 468 g/mol. The second-order valence-electron chi connectivity index (χ2n) is 10.5. The maximum absolute atomic E-state index is 12.9. The Morgan fingerprint density at radius 2 is 2.03 bits per heavy atom. The third kappa shape index (κ3) is 5.94. The molecule has 1 aliphatic carbocycles. The lowest BCUT2D eigenvalue weighted by Gasteiger charge is -2.31. The third-order valence-corrected chi connectivity index (χ3v) is 6.19. The van der Waals surface area contributed by atoms with E-state index in [2.05, 4.69) is 47.4 Å². The van der Waals surface area contributed by atoms with Gasteiger partial charge < -0.3 is 16.4 Å². The van der Waals surface area contributed by atoms with Gasteiger partial charge >= 0.3 is 0 Å². The zero-order valence-corrected chi connectivity index (χ0v) is 20.7. The maximum atomic E-state index is 12.9. The molecule has 2 aromatic rings. The van der Waals surface area contributed by atoms with Gasteiger partial charge in [0.15, 0.2) is 0 Å². The van der Waals surface area contributed by atoms with E-state index in [4.69, 9.17) is 15.6 Å². The number of guanidine groups is 1. The van der Waals surface area contributed by atoms with Gasteiger partial charge in [-0.3, -0.25) is 9.63 Å². The molecule has 9 heteroatoms.